The lowest BCUT2D eigenvalue weighted by Crippen LogP contribution is -2.05. The fourth-order valence-corrected chi connectivity index (χ4v) is 2.92. The summed E-state index contributed by atoms with van der Waals surface area (Å²) in [6.45, 7) is 1.98. The second kappa shape index (κ2) is 5.07. The van der Waals surface area contributed by atoms with Crippen LogP contribution in [-0.2, 0) is 0 Å². The van der Waals surface area contributed by atoms with Crippen LogP contribution in [0.1, 0.15) is 18.5 Å². The Labute approximate surface area is 115 Å². The van der Waals surface area contributed by atoms with Crippen molar-refractivity contribution in [3.05, 3.63) is 54.1 Å². The highest BCUT2D eigenvalue weighted by Crippen LogP contribution is 2.33. The van der Waals surface area contributed by atoms with Gasteiger partial charge in [0.15, 0.2) is 5.58 Å². The zero-order valence-corrected chi connectivity index (χ0v) is 11.4. The minimum Gasteiger partial charge on any atom is -0.431 e. The van der Waals surface area contributed by atoms with Crippen LogP contribution < -0.4 is 5.73 Å². The summed E-state index contributed by atoms with van der Waals surface area (Å²) in [6, 6.07) is 15.8. The molecule has 1 aromatic heterocycles. The maximum absolute atomic E-state index is 5.98. The summed E-state index contributed by atoms with van der Waals surface area (Å²) in [5.41, 5.74) is 8.77. The lowest BCUT2D eigenvalue weighted by molar-refractivity contribution is 0.489. The van der Waals surface area contributed by atoms with Crippen LogP contribution in [0.4, 0.5) is 0 Å². The summed E-state index contributed by atoms with van der Waals surface area (Å²) in [4.78, 5) is 5.55. The monoisotopic (exact) mass is 270 g/mol. The van der Waals surface area contributed by atoms with Gasteiger partial charge in [0.1, 0.15) is 5.52 Å². The molecule has 0 saturated carbocycles. The first-order chi connectivity index (χ1) is 9.24. The van der Waals surface area contributed by atoms with Crippen LogP contribution in [0.15, 0.2) is 63.1 Å². The van der Waals surface area contributed by atoms with Crippen molar-refractivity contribution in [1.29, 1.82) is 0 Å². The van der Waals surface area contributed by atoms with Crippen molar-refractivity contribution in [2.45, 2.75) is 23.1 Å². The molecule has 2 N–H and O–H groups in total. The second-order valence-corrected chi connectivity index (χ2v) is 5.37. The minimum absolute atomic E-state index is 0.00641. The van der Waals surface area contributed by atoms with Crippen LogP contribution in [0.25, 0.3) is 11.1 Å². The first-order valence-corrected chi connectivity index (χ1v) is 6.93. The zero-order valence-electron chi connectivity index (χ0n) is 10.5. The predicted molar refractivity (Wildman–Crippen MR) is 77.2 cm³/mol. The normalized spacial score (nSPS) is 12.7. The highest BCUT2D eigenvalue weighted by atomic mass is 32.2. The number of hydrogen-bond donors (Lipinski definition) is 1. The van der Waals surface area contributed by atoms with E-state index in [0.29, 0.717) is 5.22 Å². The van der Waals surface area contributed by atoms with E-state index in [2.05, 4.69) is 4.98 Å². The van der Waals surface area contributed by atoms with Gasteiger partial charge in [-0.25, -0.2) is 4.98 Å². The van der Waals surface area contributed by atoms with Gasteiger partial charge in [-0.2, -0.15) is 0 Å². The van der Waals surface area contributed by atoms with Gasteiger partial charge in [0, 0.05) is 10.9 Å². The molecule has 3 rings (SSSR count). The summed E-state index contributed by atoms with van der Waals surface area (Å²) >= 11 is 1.51. The van der Waals surface area contributed by atoms with E-state index < -0.39 is 0 Å². The molecule has 2 aromatic carbocycles. The quantitative estimate of drug-likeness (QED) is 0.781. The SMILES string of the molecule is CC(N)c1ccccc1Sc1nc2ccccc2o1. The van der Waals surface area contributed by atoms with E-state index in [9.17, 15) is 0 Å². The molecule has 3 aromatic rings. The van der Waals surface area contributed by atoms with Crippen LogP contribution in [0.2, 0.25) is 0 Å². The summed E-state index contributed by atoms with van der Waals surface area (Å²) in [7, 11) is 0. The molecule has 0 bridgehead atoms. The Morgan fingerprint density at radius 3 is 2.63 bits per heavy atom. The lowest BCUT2D eigenvalue weighted by Gasteiger charge is -2.09. The first-order valence-electron chi connectivity index (χ1n) is 6.12. The highest BCUT2D eigenvalue weighted by molar-refractivity contribution is 7.99. The Balaban J connectivity index is 1.97. The Morgan fingerprint density at radius 1 is 1.11 bits per heavy atom. The fourth-order valence-electron chi connectivity index (χ4n) is 1.94. The number of para-hydroxylation sites is 2. The third-order valence-electron chi connectivity index (χ3n) is 2.88. The van der Waals surface area contributed by atoms with Crippen molar-refractivity contribution in [2.24, 2.45) is 5.73 Å². The summed E-state index contributed by atoms with van der Waals surface area (Å²) in [5, 5.41) is 0.648. The molecule has 3 nitrogen and oxygen atoms in total. The van der Waals surface area contributed by atoms with Gasteiger partial charge in [0.25, 0.3) is 5.22 Å². The molecule has 1 heterocycles. The molecular weight excluding hydrogens is 256 g/mol. The second-order valence-electron chi connectivity index (χ2n) is 4.38. The van der Waals surface area contributed by atoms with Crippen molar-refractivity contribution in [3.63, 3.8) is 0 Å². The van der Waals surface area contributed by atoms with E-state index in [1.165, 1.54) is 11.8 Å². The van der Waals surface area contributed by atoms with Crippen molar-refractivity contribution >= 4 is 22.9 Å². The van der Waals surface area contributed by atoms with E-state index in [-0.39, 0.29) is 6.04 Å². The van der Waals surface area contributed by atoms with Gasteiger partial charge in [-0.15, -0.1) is 0 Å². The third kappa shape index (κ3) is 2.50. The van der Waals surface area contributed by atoms with Crippen molar-refractivity contribution in [1.82, 2.24) is 4.98 Å². The maximum atomic E-state index is 5.98. The summed E-state index contributed by atoms with van der Waals surface area (Å²) < 4.78 is 5.72. The fraction of sp³-hybridized carbons (Fsp3) is 0.133. The number of oxazole rings is 1. The van der Waals surface area contributed by atoms with E-state index in [1.54, 1.807) is 0 Å². The lowest BCUT2D eigenvalue weighted by atomic mass is 10.1. The van der Waals surface area contributed by atoms with Gasteiger partial charge < -0.3 is 10.2 Å². The van der Waals surface area contributed by atoms with Crippen molar-refractivity contribution in [3.8, 4) is 0 Å². The maximum Gasteiger partial charge on any atom is 0.261 e. The molecule has 0 radical (unpaired) electrons. The number of nitrogens with zero attached hydrogens (tertiary/aromatic N) is 1. The molecule has 0 amide bonds. The van der Waals surface area contributed by atoms with Crippen LogP contribution in [0.3, 0.4) is 0 Å². The van der Waals surface area contributed by atoms with Gasteiger partial charge in [-0.3, -0.25) is 0 Å². The number of nitrogens with two attached hydrogens (primary N) is 1. The molecule has 0 aliphatic heterocycles. The third-order valence-corrected chi connectivity index (χ3v) is 3.82. The average molecular weight is 270 g/mol. The van der Waals surface area contributed by atoms with E-state index in [0.717, 1.165) is 21.6 Å². The smallest absolute Gasteiger partial charge is 0.261 e. The Hall–Kier alpha value is -1.78. The first kappa shape index (κ1) is 12.3. The Bertz CT molecular complexity index is 673. The molecule has 1 unspecified atom stereocenters. The van der Waals surface area contributed by atoms with E-state index in [4.69, 9.17) is 10.2 Å². The van der Waals surface area contributed by atoms with E-state index >= 15 is 0 Å². The molecule has 1 atom stereocenters. The molecule has 0 saturated heterocycles. The van der Waals surface area contributed by atoms with E-state index in [1.807, 2.05) is 55.5 Å². The number of hydrogen-bond acceptors (Lipinski definition) is 4. The van der Waals surface area contributed by atoms with Crippen molar-refractivity contribution in [2.75, 3.05) is 0 Å². The molecule has 96 valence electrons. The molecule has 0 spiro atoms. The van der Waals surface area contributed by atoms with Crippen LogP contribution in [-0.4, -0.2) is 4.98 Å². The predicted octanol–water partition coefficient (Wildman–Crippen LogP) is 4.00. The zero-order chi connectivity index (χ0) is 13.2. The van der Waals surface area contributed by atoms with Crippen LogP contribution >= 0.6 is 11.8 Å². The van der Waals surface area contributed by atoms with Gasteiger partial charge in [-0.05, 0) is 42.4 Å². The molecular formula is C15H14N2OS. The number of benzene rings is 2. The summed E-state index contributed by atoms with van der Waals surface area (Å²) in [5.74, 6) is 0. The van der Waals surface area contributed by atoms with Crippen LogP contribution in [0.5, 0.6) is 0 Å². The molecule has 0 aliphatic carbocycles. The topological polar surface area (TPSA) is 52.0 Å². The molecule has 0 fully saturated rings. The highest BCUT2D eigenvalue weighted by Gasteiger charge is 2.11. The average Bonchev–Trinajstić information content (AvgIpc) is 2.81. The summed E-state index contributed by atoms with van der Waals surface area (Å²) in [6.07, 6.45) is 0. The van der Waals surface area contributed by atoms with Gasteiger partial charge in [0.2, 0.25) is 0 Å². The number of aromatic nitrogens is 1. The number of fused-ring (bicyclic) bond motifs is 1. The molecule has 4 heteroatoms. The van der Waals surface area contributed by atoms with Gasteiger partial charge in [0.05, 0.1) is 0 Å². The number of rotatable bonds is 3. The van der Waals surface area contributed by atoms with Crippen molar-refractivity contribution < 1.29 is 4.42 Å². The molecule has 19 heavy (non-hydrogen) atoms. The minimum atomic E-state index is -0.00641. The molecule has 0 aliphatic rings. The Kier molecular flexibility index (Phi) is 3.27. The van der Waals surface area contributed by atoms with Crippen LogP contribution in [0, 0.1) is 0 Å². The van der Waals surface area contributed by atoms with Gasteiger partial charge >= 0.3 is 0 Å². The standard InChI is InChI=1S/C15H14N2OS/c1-10(16)11-6-2-5-9-14(11)19-15-17-12-7-3-4-8-13(12)18-15/h2-10H,16H2,1H3. The largest absolute Gasteiger partial charge is 0.431 e. The van der Waals surface area contributed by atoms with Gasteiger partial charge in [-0.1, -0.05) is 30.3 Å². The Morgan fingerprint density at radius 2 is 1.84 bits per heavy atom.